The zero-order valence-electron chi connectivity index (χ0n) is 12.4. The van der Waals surface area contributed by atoms with Gasteiger partial charge in [-0.15, -0.1) is 0 Å². The average molecular weight is 330 g/mol. The lowest BCUT2D eigenvalue weighted by molar-refractivity contribution is -0.0511. The molecular formula is C15H14N4O5. The Morgan fingerprint density at radius 1 is 1.12 bits per heavy atom. The SMILES string of the molecule is OCC#CC#Cc1ncnc2c1ncn2[C@@H]1O[C@H](CO)[C@@H](O)[C@H]1O. The van der Waals surface area contributed by atoms with E-state index in [1.807, 2.05) is 0 Å². The highest BCUT2D eigenvalue weighted by Crippen LogP contribution is 2.31. The van der Waals surface area contributed by atoms with Crippen LogP contribution in [0, 0.1) is 23.7 Å². The summed E-state index contributed by atoms with van der Waals surface area (Å²) in [5.74, 6) is 10.1. The Balaban J connectivity index is 1.98. The molecular weight excluding hydrogens is 316 g/mol. The van der Waals surface area contributed by atoms with Crippen molar-refractivity contribution in [2.45, 2.75) is 24.5 Å². The summed E-state index contributed by atoms with van der Waals surface area (Å²) in [6, 6.07) is 0. The van der Waals surface area contributed by atoms with E-state index >= 15 is 0 Å². The summed E-state index contributed by atoms with van der Waals surface area (Å²) in [5.41, 5.74) is 1.07. The Kier molecular flexibility index (Phi) is 4.71. The number of aliphatic hydroxyl groups excluding tert-OH is 4. The van der Waals surface area contributed by atoms with Crippen LogP contribution in [0.15, 0.2) is 12.7 Å². The molecule has 0 aromatic carbocycles. The lowest BCUT2D eigenvalue weighted by atomic mass is 10.1. The van der Waals surface area contributed by atoms with E-state index in [0.717, 1.165) is 0 Å². The van der Waals surface area contributed by atoms with Gasteiger partial charge in [0.25, 0.3) is 0 Å². The predicted molar refractivity (Wildman–Crippen MR) is 80.1 cm³/mol. The van der Waals surface area contributed by atoms with Crippen LogP contribution in [0.4, 0.5) is 0 Å². The van der Waals surface area contributed by atoms with Gasteiger partial charge in [0.2, 0.25) is 0 Å². The first kappa shape index (κ1) is 16.3. The van der Waals surface area contributed by atoms with Crippen molar-refractivity contribution in [1.82, 2.24) is 19.5 Å². The minimum atomic E-state index is -1.24. The minimum absolute atomic E-state index is 0.284. The van der Waals surface area contributed by atoms with E-state index in [2.05, 4.69) is 38.6 Å². The number of imidazole rings is 1. The third-order valence-electron chi connectivity index (χ3n) is 3.56. The second-order valence-electron chi connectivity index (χ2n) is 4.99. The number of nitrogens with zero attached hydrogens (tertiary/aromatic N) is 4. The molecule has 1 saturated heterocycles. The van der Waals surface area contributed by atoms with Gasteiger partial charge in [-0.1, -0.05) is 5.92 Å². The van der Waals surface area contributed by atoms with Gasteiger partial charge in [0.15, 0.2) is 11.9 Å². The highest BCUT2D eigenvalue weighted by Gasteiger charge is 2.43. The van der Waals surface area contributed by atoms with Crippen LogP contribution in [0.1, 0.15) is 11.9 Å². The molecule has 3 heterocycles. The highest BCUT2D eigenvalue weighted by molar-refractivity contribution is 5.76. The van der Waals surface area contributed by atoms with E-state index < -0.39 is 31.1 Å². The van der Waals surface area contributed by atoms with Crippen molar-refractivity contribution in [2.24, 2.45) is 0 Å². The molecule has 0 bridgehead atoms. The van der Waals surface area contributed by atoms with Gasteiger partial charge >= 0.3 is 0 Å². The van der Waals surface area contributed by atoms with Gasteiger partial charge in [0.1, 0.15) is 42.5 Å². The summed E-state index contributed by atoms with van der Waals surface area (Å²) in [5, 5.41) is 37.7. The second-order valence-corrected chi connectivity index (χ2v) is 4.99. The van der Waals surface area contributed by atoms with Crippen LogP contribution < -0.4 is 0 Å². The van der Waals surface area contributed by atoms with Gasteiger partial charge in [-0.05, 0) is 17.8 Å². The summed E-state index contributed by atoms with van der Waals surface area (Å²) in [7, 11) is 0. The van der Waals surface area contributed by atoms with Gasteiger partial charge in [0.05, 0.1) is 12.9 Å². The maximum Gasteiger partial charge on any atom is 0.166 e. The molecule has 0 spiro atoms. The largest absolute Gasteiger partial charge is 0.394 e. The zero-order valence-corrected chi connectivity index (χ0v) is 12.4. The van der Waals surface area contributed by atoms with Crippen LogP contribution in [-0.2, 0) is 4.74 Å². The van der Waals surface area contributed by atoms with Crippen molar-refractivity contribution >= 4 is 11.2 Å². The molecule has 0 aliphatic carbocycles. The molecule has 124 valence electrons. The summed E-state index contributed by atoms with van der Waals surface area (Å²) in [6.07, 6.45) is -1.61. The molecule has 3 rings (SSSR count). The molecule has 0 saturated carbocycles. The topological polar surface area (TPSA) is 134 Å². The Morgan fingerprint density at radius 2 is 1.96 bits per heavy atom. The number of hydrogen-bond acceptors (Lipinski definition) is 8. The normalized spacial score (nSPS) is 25.8. The molecule has 0 radical (unpaired) electrons. The minimum Gasteiger partial charge on any atom is -0.394 e. The molecule has 1 aliphatic heterocycles. The van der Waals surface area contributed by atoms with Crippen LogP contribution in [0.3, 0.4) is 0 Å². The van der Waals surface area contributed by atoms with Crippen LogP contribution in [0.2, 0.25) is 0 Å². The molecule has 24 heavy (non-hydrogen) atoms. The van der Waals surface area contributed by atoms with Gasteiger partial charge in [-0.2, -0.15) is 0 Å². The smallest absolute Gasteiger partial charge is 0.166 e. The fourth-order valence-electron chi connectivity index (χ4n) is 2.41. The third kappa shape index (κ3) is 2.83. The molecule has 9 nitrogen and oxygen atoms in total. The van der Waals surface area contributed by atoms with Crippen molar-refractivity contribution in [1.29, 1.82) is 0 Å². The van der Waals surface area contributed by atoms with Crippen molar-refractivity contribution in [3.63, 3.8) is 0 Å². The number of ether oxygens (including phenoxy) is 1. The van der Waals surface area contributed by atoms with E-state index in [1.165, 1.54) is 17.2 Å². The van der Waals surface area contributed by atoms with Gasteiger partial charge < -0.3 is 25.2 Å². The van der Waals surface area contributed by atoms with Crippen molar-refractivity contribution in [3.8, 4) is 23.7 Å². The molecule has 0 amide bonds. The predicted octanol–water partition coefficient (Wildman–Crippen LogP) is -2.21. The second kappa shape index (κ2) is 6.93. The summed E-state index contributed by atoms with van der Waals surface area (Å²) < 4.78 is 6.92. The fraction of sp³-hybridized carbons (Fsp3) is 0.400. The molecule has 0 unspecified atom stereocenters. The zero-order chi connectivity index (χ0) is 17.1. The first-order chi connectivity index (χ1) is 11.7. The van der Waals surface area contributed by atoms with E-state index in [1.54, 1.807) is 0 Å². The summed E-state index contributed by atoms with van der Waals surface area (Å²) in [4.78, 5) is 12.3. The first-order valence-corrected chi connectivity index (χ1v) is 7.07. The van der Waals surface area contributed by atoms with Gasteiger partial charge in [-0.3, -0.25) is 4.57 Å². The van der Waals surface area contributed by atoms with E-state index in [0.29, 0.717) is 16.9 Å². The highest BCUT2D eigenvalue weighted by atomic mass is 16.6. The van der Waals surface area contributed by atoms with Crippen LogP contribution in [0.25, 0.3) is 11.2 Å². The summed E-state index contributed by atoms with van der Waals surface area (Å²) in [6.45, 7) is -0.704. The maximum absolute atomic E-state index is 10.1. The molecule has 1 fully saturated rings. The molecule has 4 atom stereocenters. The van der Waals surface area contributed by atoms with Crippen LogP contribution in [0.5, 0.6) is 0 Å². The molecule has 2 aromatic rings. The van der Waals surface area contributed by atoms with Gasteiger partial charge in [0, 0.05) is 0 Å². The maximum atomic E-state index is 10.1. The van der Waals surface area contributed by atoms with E-state index in [9.17, 15) is 15.3 Å². The lowest BCUT2D eigenvalue weighted by Gasteiger charge is -2.16. The van der Waals surface area contributed by atoms with Crippen molar-refractivity contribution in [2.75, 3.05) is 13.2 Å². The van der Waals surface area contributed by atoms with Crippen LogP contribution in [-0.4, -0.2) is 71.5 Å². The first-order valence-electron chi connectivity index (χ1n) is 7.07. The molecule has 4 N–H and O–H groups in total. The number of aromatic nitrogens is 4. The standard InChI is InChI=1S/C15H14N4O5/c20-5-3-1-2-4-9-11-14(17-7-16-9)19(8-18-11)15-13(23)12(22)10(6-21)24-15/h7-8,10,12-13,15,20-23H,5-6H2/t10-,12-,13-,15-/m1/s1. The summed E-state index contributed by atoms with van der Waals surface area (Å²) >= 11 is 0. The monoisotopic (exact) mass is 330 g/mol. The van der Waals surface area contributed by atoms with E-state index in [4.69, 9.17) is 9.84 Å². The lowest BCUT2D eigenvalue weighted by Crippen LogP contribution is -2.33. The number of rotatable bonds is 2. The third-order valence-corrected chi connectivity index (χ3v) is 3.56. The Hall–Kier alpha value is -2.53. The quantitative estimate of drug-likeness (QED) is 0.455. The number of aliphatic hydroxyl groups is 4. The van der Waals surface area contributed by atoms with Crippen molar-refractivity contribution < 1.29 is 25.2 Å². The Labute approximate surface area is 136 Å². The molecule has 1 aliphatic rings. The fourth-order valence-corrected chi connectivity index (χ4v) is 2.41. The molecule has 2 aromatic heterocycles. The Bertz CT molecular complexity index is 859. The number of hydrogen-bond donors (Lipinski definition) is 4. The average Bonchev–Trinajstić information content (AvgIpc) is 3.14. The van der Waals surface area contributed by atoms with Crippen LogP contribution >= 0.6 is 0 Å². The Morgan fingerprint density at radius 3 is 2.67 bits per heavy atom. The van der Waals surface area contributed by atoms with Gasteiger partial charge in [-0.25, -0.2) is 15.0 Å². The van der Waals surface area contributed by atoms with E-state index in [-0.39, 0.29) is 6.61 Å². The van der Waals surface area contributed by atoms with Crippen molar-refractivity contribution in [3.05, 3.63) is 18.3 Å². The number of fused-ring (bicyclic) bond motifs is 1. The molecule has 9 heteroatoms.